The third kappa shape index (κ3) is 6.14. The van der Waals surface area contributed by atoms with Gasteiger partial charge in [0, 0.05) is 37.4 Å². The molecule has 1 fully saturated rings. The molecule has 0 atom stereocenters. The molecule has 2 aromatic rings. The summed E-state index contributed by atoms with van der Waals surface area (Å²) in [7, 11) is 0. The number of halogens is 1. The molecule has 0 saturated carbocycles. The molecule has 5 nitrogen and oxygen atoms in total. The number of benzene rings is 1. The minimum Gasteiger partial charge on any atom is -0.357 e. The van der Waals surface area contributed by atoms with E-state index in [9.17, 15) is 0 Å². The number of guanidine groups is 1. The van der Waals surface area contributed by atoms with Crippen molar-refractivity contribution >= 4 is 23.4 Å². The molecule has 6 heteroatoms. The lowest BCUT2D eigenvalue weighted by molar-refractivity contribution is 0.573. The van der Waals surface area contributed by atoms with E-state index in [0.29, 0.717) is 13.1 Å². The normalized spacial score (nSPS) is 14.9. The summed E-state index contributed by atoms with van der Waals surface area (Å²) in [5, 5.41) is 7.45. The minimum absolute atomic E-state index is 0.589. The molecular weight excluding hydrogens is 358 g/mol. The Morgan fingerprint density at radius 1 is 1.11 bits per heavy atom. The maximum absolute atomic E-state index is 6.05. The first-order valence-electron chi connectivity index (χ1n) is 9.71. The molecule has 2 heterocycles. The van der Waals surface area contributed by atoms with Crippen LogP contribution in [0.5, 0.6) is 0 Å². The van der Waals surface area contributed by atoms with E-state index in [1.807, 2.05) is 30.5 Å². The summed E-state index contributed by atoms with van der Waals surface area (Å²) >= 11 is 6.05. The van der Waals surface area contributed by atoms with Crippen molar-refractivity contribution in [2.45, 2.75) is 39.3 Å². The number of piperidine rings is 1. The Balaban J connectivity index is 1.61. The lowest BCUT2D eigenvalue weighted by Gasteiger charge is -2.28. The highest BCUT2D eigenvalue weighted by Gasteiger charge is 2.12. The fourth-order valence-corrected chi connectivity index (χ4v) is 3.41. The summed E-state index contributed by atoms with van der Waals surface area (Å²) in [5.74, 6) is 1.88. The molecule has 0 bridgehead atoms. The smallest absolute Gasteiger partial charge is 0.191 e. The molecule has 0 radical (unpaired) electrons. The Morgan fingerprint density at radius 2 is 1.96 bits per heavy atom. The van der Waals surface area contributed by atoms with Crippen LogP contribution >= 0.6 is 11.6 Å². The van der Waals surface area contributed by atoms with Crippen molar-refractivity contribution in [2.24, 2.45) is 4.99 Å². The highest BCUT2D eigenvalue weighted by atomic mass is 35.5. The second-order valence-corrected chi connectivity index (χ2v) is 7.19. The van der Waals surface area contributed by atoms with E-state index >= 15 is 0 Å². The van der Waals surface area contributed by atoms with Crippen LogP contribution in [0.15, 0.2) is 47.6 Å². The summed E-state index contributed by atoms with van der Waals surface area (Å²) in [5.41, 5.74) is 2.30. The Labute approximate surface area is 166 Å². The molecule has 0 spiro atoms. The molecule has 1 aliphatic rings. The predicted molar refractivity (Wildman–Crippen MR) is 113 cm³/mol. The third-order valence-corrected chi connectivity index (χ3v) is 4.84. The standard InChI is InChI=1S/C21H28ClN5/c1-2-23-21(25-15-17-7-6-8-19(22)13-17)26-16-18-9-10-24-20(14-18)27-11-4-3-5-12-27/h6-10,13-14H,2-5,11-12,15-16H2,1H3,(H2,23,25,26). The van der Waals surface area contributed by atoms with Crippen molar-refractivity contribution < 1.29 is 0 Å². The van der Waals surface area contributed by atoms with Crippen molar-refractivity contribution in [3.63, 3.8) is 0 Å². The van der Waals surface area contributed by atoms with E-state index < -0.39 is 0 Å². The molecule has 1 aliphatic heterocycles. The first-order chi connectivity index (χ1) is 13.2. The third-order valence-electron chi connectivity index (χ3n) is 4.60. The Morgan fingerprint density at radius 3 is 2.74 bits per heavy atom. The van der Waals surface area contributed by atoms with Crippen molar-refractivity contribution in [2.75, 3.05) is 24.5 Å². The molecule has 27 heavy (non-hydrogen) atoms. The summed E-state index contributed by atoms with van der Waals surface area (Å²) in [6.45, 7) is 6.39. The molecular formula is C21H28ClN5. The van der Waals surface area contributed by atoms with Gasteiger partial charge in [-0.2, -0.15) is 0 Å². The van der Waals surface area contributed by atoms with Crippen LogP contribution in [-0.4, -0.2) is 30.6 Å². The molecule has 1 aromatic carbocycles. The second kappa shape index (κ2) is 10.2. The van der Waals surface area contributed by atoms with Gasteiger partial charge in [0.15, 0.2) is 5.96 Å². The number of nitrogens with one attached hydrogen (secondary N) is 2. The number of rotatable bonds is 6. The lowest BCUT2D eigenvalue weighted by atomic mass is 10.1. The van der Waals surface area contributed by atoms with Gasteiger partial charge in [0.1, 0.15) is 5.82 Å². The second-order valence-electron chi connectivity index (χ2n) is 6.75. The van der Waals surface area contributed by atoms with Gasteiger partial charge < -0.3 is 15.5 Å². The van der Waals surface area contributed by atoms with Gasteiger partial charge in [-0.25, -0.2) is 9.98 Å². The van der Waals surface area contributed by atoms with Crippen LogP contribution < -0.4 is 15.5 Å². The Kier molecular flexibility index (Phi) is 7.34. The Hall–Kier alpha value is -2.27. The molecule has 1 saturated heterocycles. The molecule has 0 aliphatic carbocycles. The summed E-state index contributed by atoms with van der Waals surface area (Å²) in [4.78, 5) is 11.6. The SMILES string of the molecule is CCNC(=NCc1cccc(Cl)c1)NCc1ccnc(N2CCCCC2)c1. The number of hydrogen-bond donors (Lipinski definition) is 2. The number of aliphatic imine (C=N–C) groups is 1. The van der Waals surface area contributed by atoms with Gasteiger partial charge in [0.25, 0.3) is 0 Å². The highest BCUT2D eigenvalue weighted by molar-refractivity contribution is 6.30. The van der Waals surface area contributed by atoms with Crippen LogP contribution in [0.25, 0.3) is 0 Å². The average Bonchev–Trinajstić information content (AvgIpc) is 2.71. The zero-order chi connectivity index (χ0) is 18.9. The monoisotopic (exact) mass is 385 g/mol. The van der Waals surface area contributed by atoms with Gasteiger partial charge in [-0.3, -0.25) is 0 Å². The van der Waals surface area contributed by atoms with Crippen LogP contribution in [0.2, 0.25) is 5.02 Å². The first kappa shape index (κ1) is 19.5. The van der Waals surface area contributed by atoms with Gasteiger partial charge in [-0.1, -0.05) is 23.7 Å². The molecule has 2 N–H and O–H groups in total. The molecule has 0 unspecified atom stereocenters. The van der Waals surface area contributed by atoms with Gasteiger partial charge >= 0.3 is 0 Å². The maximum atomic E-state index is 6.05. The van der Waals surface area contributed by atoms with Crippen molar-refractivity contribution in [1.29, 1.82) is 0 Å². The number of aromatic nitrogens is 1. The van der Waals surface area contributed by atoms with E-state index in [-0.39, 0.29) is 0 Å². The van der Waals surface area contributed by atoms with Gasteiger partial charge in [0.05, 0.1) is 6.54 Å². The number of pyridine rings is 1. The lowest BCUT2D eigenvalue weighted by Crippen LogP contribution is -2.37. The molecule has 0 amide bonds. The van der Waals surface area contributed by atoms with Gasteiger partial charge in [-0.15, -0.1) is 0 Å². The van der Waals surface area contributed by atoms with E-state index in [1.54, 1.807) is 0 Å². The average molecular weight is 386 g/mol. The Bertz CT molecular complexity index is 756. The number of hydrogen-bond acceptors (Lipinski definition) is 3. The molecule has 3 rings (SSSR count). The van der Waals surface area contributed by atoms with Crippen LogP contribution in [0.1, 0.15) is 37.3 Å². The maximum Gasteiger partial charge on any atom is 0.191 e. The van der Waals surface area contributed by atoms with Crippen molar-refractivity contribution in [1.82, 2.24) is 15.6 Å². The largest absolute Gasteiger partial charge is 0.357 e. The van der Waals surface area contributed by atoms with E-state index in [2.05, 4.69) is 44.6 Å². The zero-order valence-corrected chi connectivity index (χ0v) is 16.7. The summed E-state index contributed by atoms with van der Waals surface area (Å²) in [6, 6.07) is 12.0. The zero-order valence-electron chi connectivity index (χ0n) is 15.9. The molecule has 144 valence electrons. The topological polar surface area (TPSA) is 52.6 Å². The first-order valence-corrected chi connectivity index (χ1v) is 10.1. The minimum atomic E-state index is 0.589. The number of anilines is 1. The highest BCUT2D eigenvalue weighted by Crippen LogP contribution is 2.18. The van der Waals surface area contributed by atoms with Crippen LogP contribution in [0.4, 0.5) is 5.82 Å². The van der Waals surface area contributed by atoms with Crippen molar-refractivity contribution in [3.05, 3.63) is 58.7 Å². The number of nitrogens with zero attached hydrogens (tertiary/aromatic N) is 3. The fraction of sp³-hybridized carbons (Fsp3) is 0.429. The van der Waals surface area contributed by atoms with Gasteiger partial charge in [0.2, 0.25) is 0 Å². The van der Waals surface area contributed by atoms with Gasteiger partial charge in [-0.05, 0) is 61.6 Å². The van der Waals surface area contributed by atoms with Crippen LogP contribution in [0.3, 0.4) is 0 Å². The molecule has 1 aromatic heterocycles. The van der Waals surface area contributed by atoms with Crippen LogP contribution in [-0.2, 0) is 13.1 Å². The van der Waals surface area contributed by atoms with Crippen molar-refractivity contribution in [3.8, 4) is 0 Å². The van der Waals surface area contributed by atoms with E-state index in [0.717, 1.165) is 42.0 Å². The quantitative estimate of drug-likeness (QED) is 0.583. The summed E-state index contributed by atoms with van der Waals surface area (Å²) < 4.78 is 0. The van der Waals surface area contributed by atoms with E-state index in [1.165, 1.54) is 24.8 Å². The fourth-order valence-electron chi connectivity index (χ4n) is 3.20. The summed E-state index contributed by atoms with van der Waals surface area (Å²) in [6.07, 6.45) is 5.74. The predicted octanol–water partition coefficient (Wildman–Crippen LogP) is 3.98. The van der Waals surface area contributed by atoms with Crippen LogP contribution in [0, 0.1) is 0 Å². The van der Waals surface area contributed by atoms with E-state index in [4.69, 9.17) is 11.6 Å².